The molecule has 2 fully saturated rings. The van der Waals surface area contributed by atoms with Crippen LogP contribution in [0.2, 0.25) is 0 Å². The molecule has 0 bridgehead atoms. The first-order valence-electron chi connectivity index (χ1n) is 13.5. The number of aliphatic hydroxyl groups excluding tert-OH is 3. The van der Waals surface area contributed by atoms with Gasteiger partial charge in [-0.3, -0.25) is 13.9 Å². The van der Waals surface area contributed by atoms with E-state index < -0.39 is 84.3 Å². The number of aliphatic hydroxyl groups is 3. The molecule has 9 N–H and O–H groups in total. The third kappa shape index (κ3) is 7.25. The highest BCUT2D eigenvalue weighted by atomic mass is 19.3. The molecular weight excluding hydrogens is 618 g/mol. The third-order valence-corrected chi connectivity index (χ3v) is 7.01. The highest BCUT2D eigenvalue weighted by molar-refractivity contribution is 5.76. The predicted molar refractivity (Wildman–Crippen MR) is 146 cm³/mol. The molecule has 2 aliphatic heterocycles. The lowest BCUT2D eigenvalue weighted by molar-refractivity contribution is -0.179. The normalized spacial score (nSPS) is 29.0. The zero-order valence-corrected chi connectivity index (χ0v) is 24.4. The summed E-state index contributed by atoms with van der Waals surface area (Å²) in [6, 6.07) is 1.18. The van der Waals surface area contributed by atoms with Crippen molar-refractivity contribution in [3.05, 3.63) is 45.5 Å². The van der Waals surface area contributed by atoms with Crippen LogP contribution in [0.5, 0.6) is 0 Å². The van der Waals surface area contributed by atoms with Gasteiger partial charge in [-0.2, -0.15) is 27.5 Å². The van der Waals surface area contributed by atoms with Crippen LogP contribution >= 0.6 is 0 Å². The van der Waals surface area contributed by atoms with Gasteiger partial charge in [0.2, 0.25) is 12.5 Å². The molecule has 4 rings (SSSR count). The number of nitrogens with zero attached hydrogens (tertiary/aromatic N) is 4. The lowest BCUT2D eigenvalue weighted by Crippen LogP contribution is -2.49. The van der Waals surface area contributed by atoms with Crippen LogP contribution in [-0.2, 0) is 19.0 Å². The second kappa shape index (κ2) is 13.3. The summed E-state index contributed by atoms with van der Waals surface area (Å²) in [5, 5.41) is 28.6. The molecule has 2 aromatic heterocycles. The second-order valence-electron chi connectivity index (χ2n) is 10.9. The number of esters is 1. The number of ether oxygens (including phenoxy) is 3. The number of anilines is 2. The summed E-state index contributed by atoms with van der Waals surface area (Å²) < 4.78 is 73.5. The lowest BCUT2D eigenvalue weighted by Gasteiger charge is -2.26. The van der Waals surface area contributed by atoms with Crippen molar-refractivity contribution < 1.29 is 51.9 Å². The molecule has 9 atom stereocenters. The molecule has 0 spiro atoms. The van der Waals surface area contributed by atoms with Crippen LogP contribution in [0.1, 0.15) is 40.2 Å². The Morgan fingerprint density at radius 2 is 1.31 bits per heavy atom. The minimum absolute atomic E-state index is 0.116. The summed E-state index contributed by atoms with van der Waals surface area (Å²) in [5.74, 6) is -9.22. The largest absolute Gasteiger partial charge is 0.452 e. The summed E-state index contributed by atoms with van der Waals surface area (Å²) in [6.45, 7) is 5.67. The van der Waals surface area contributed by atoms with Gasteiger partial charge in [0, 0.05) is 12.4 Å². The lowest BCUT2D eigenvalue weighted by atomic mass is 10.0. The smallest absolute Gasteiger partial charge is 0.351 e. The zero-order chi connectivity index (χ0) is 34.2. The monoisotopic (exact) mass is 653 g/mol. The topological polar surface area (TPSA) is 253 Å². The van der Waals surface area contributed by atoms with Crippen molar-refractivity contribution in [1.29, 1.82) is 0 Å². The number of halogens is 4. The van der Waals surface area contributed by atoms with Gasteiger partial charge in [0.05, 0.1) is 12.2 Å². The fraction of sp³-hybridized carbons (Fsp3) is 0.640. The van der Waals surface area contributed by atoms with Crippen molar-refractivity contribution in [1.82, 2.24) is 19.1 Å². The molecule has 2 aromatic rings. The van der Waals surface area contributed by atoms with E-state index in [9.17, 15) is 47.3 Å². The van der Waals surface area contributed by atoms with E-state index in [1.807, 2.05) is 0 Å². The minimum atomic E-state index is -3.82. The third-order valence-electron chi connectivity index (χ3n) is 7.01. The van der Waals surface area contributed by atoms with E-state index in [-0.39, 0.29) is 17.6 Å². The van der Waals surface area contributed by atoms with E-state index in [0.717, 1.165) is 24.5 Å². The van der Waals surface area contributed by atoms with Gasteiger partial charge < -0.3 is 46.7 Å². The van der Waals surface area contributed by atoms with Crippen LogP contribution in [0.3, 0.4) is 0 Å². The Balaban J connectivity index is 0.000000257. The number of alkyl halides is 4. The molecule has 0 aromatic carbocycles. The van der Waals surface area contributed by atoms with Crippen LogP contribution in [-0.4, -0.2) is 94.9 Å². The number of aromatic nitrogens is 4. The number of carbonyl (C=O) groups excluding carboxylic acids is 1. The van der Waals surface area contributed by atoms with Gasteiger partial charge in [-0.1, -0.05) is 13.8 Å². The van der Waals surface area contributed by atoms with E-state index in [2.05, 4.69) is 9.97 Å². The zero-order valence-electron chi connectivity index (χ0n) is 24.4. The van der Waals surface area contributed by atoms with E-state index in [0.29, 0.717) is 9.13 Å². The van der Waals surface area contributed by atoms with Gasteiger partial charge in [-0.25, -0.2) is 9.59 Å². The molecule has 0 radical (unpaired) electrons. The van der Waals surface area contributed by atoms with Crippen molar-refractivity contribution in [2.45, 2.75) is 94.7 Å². The first-order valence-corrected chi connectivity index (χ1v) is 13.5. The Bertz CT molecular complexity index is 1470. The summed E-state index contributed by atoms with van der Waals surface area (Å²) in [7, 11) is 0. The van der Waals surface area contributed by atoms with Crippen molar-refractivity contribution in [3.8, 4) is 0 Å². The molecule has 0 aliphatic carbocycles. The Kier molecular flexibility index (Phi) is 10.6. The van der Waals surface area contributed by atoms with Crippen LogP contribution in [0.4, 0.5) is 29.2 Å². The Morgan fingerprint density at radius 1 is 0.889 bits per heavy atom. The Hall–Kier alpha value is -3.69. The molecule has 16 nitrogen and oxygen atoms in total. The summed E-state index contributed by atoms with van der Waals surface area (Å²) in [6.07, 6.45) is -12.3. The molecule has 2 aliphatic rings. The highest BCUT2D eigenvalue weighted by Gasteiger charge is 2.64. The van der Waals surface area contributed by atoms with Crippen molar-refractivity contribution >= 4 is 17.6 Å². The van der Waals surface area contributed by atoms with Crippen molar-refractivity contribution in [2.24, 2.45) is 11.7 Å². The first-order chi connectivity index (χ1) is 20.7. The highest BCUT2D eigenvalue weighted by Crippen LogP contribution is 2.45. The number of hydrogen-bond donors (Lipinski definition) is 6. The van der Waals surface area contributed by atoms with Crippen LogP contribution in [0.25, 0.3) is 0 Å². The average Bonchev–Trinajstić information content (AvgIpc) is 3.32. The summed E-state index contributed by atoms with van der Waals surface area (Å²) in [4.78, 5) is 42.1. The molecule has 45 heavy (non-hydrogen) atoms. The summed E-state index contributed by atoms with van der Waals surface area (Å²) >= 11 is 0. The average molecular weight is 654 g/mol. The van der Waals surface area contributed by atoms with E-state index in [4.69, 9.17) is 31.4 Å². The van der Waals surface area contributed by atoms with Crippen LogP contribution in [0.15, 0.2) is 34.1 Å². The molecule has 4 heterocycles. The number of hydrogen-bond acceptors (Lipinski definition) is 14. The Labute approximate surface area is 252 Å². The molecule has 252 valence electrons. The maximum atomic E-state index is 14.9. The van der Waals surface area contributed by atoms with Gasteiger partial charge in [-0.15, -0.1) is 0 Å². The number of nitrogen functional groups attached to an aromatic ring is 2. The number of carbonyl (C=O) groups is 1. The molecule has 0 amide bonds. The van der Waals surface area contributed by atoms with Crippen molar-refractivity contribution in [3.63, 3.8) is 0 Å². The fourth-order valence-corrected chi connectivity index (χ4v) is 4.43. The Morgan fingerprint density at radius 3 is 1.69 bits per heavy atom. The van der Waals surface area contributed by atoms with Gasteiger partial charge in [0.15, 0.2) is 12.2 Å². The maximum Gasteiger partial charge on any atom is 0.351 e. The minimum Gasteiger partial charge on any atom is -0.452 e. The molecule has 20 heteroatoms. The fourth-order valence-electron chi connectivity index (χ4n) is 4.43. The predicted octanol–water partition coefficient (Wildman–Crippen LogP) is -1.27. The molecule has 2 unspecified atom stereocenters. The first kappa shape index (κ1) is 35.8. The van der Waals surface area contributed by atoms with E-state index in [1.54, 1.807) is 13.8 Å². The SMILES string of the molecule is CC(C)[C@H](N)C(=O)O[C@@H]1[C@@H](C(C)O)O[C@@H](n2ccc(N)nc2=O)C1(F)F.CC(O)[C@H]1O[C@@H](n2ccc(N)nc2=O)C(F)(F)[C@@H]1O. The van der Waals surface area contributed by atoms with Gasteiger partial charge in [0.1, 0.15) is 29.9 Å². The molecule has 0 saturated carbocycles. The standard InChI is InChI=1S/C15H22F2N4O5.C10H13F2N3O4/c1-6(2)9(19)12(23)26-11-10(7(3)22)25-13(15(11,16)17)21-5-4-8(18)20-14(21)24;1-4(16)6-7(17)10(11,12)8(19-6)15-3-2-5(13)14-9(15)18/h4-7,9-11,13,22H,19H2,1-3H3,(H2,18,20,24);2-4,6-8,16-17H,1H3,(H2,13,14,18)/t7?,9-,10+,11+,13+;4?,6-,7-,8-/m01/s1. The van der Waals surface area contributed by atoms with E-state index >= 15 is 0 Å². The molecule has 2 saturated heterocycles. The maximum absolute atomic E-state index is 14.9. The van der Waals surface area contributed by atoms with Crippen molar-refractivity contribution in [2.75, 3.05) is 11.5 Å². The molecular formula is C25H35F4N7O9. The summed E-state index contributed by atoms with van der Waals surface area (Å²) in [5.41, 5.74) is 14.1. The quantitative estimate of drug-likeness (QED) is 0.151. The van der Waals surface area contributed by atoms with Gasteiger partial charge >= 0.3 is 29.2 Å². The van der Waals surface area contributed by atoms with Gasteiger partial charge in [-0.05, 0) is 31.9 Å². The van der Waals surface area contributed by atoms with Gasteiger partial charge in [0.25, 0.3) is 0 Å². The van der Waals surface area contributed by atoms with Crippen LogP contribution in [0, 0.1) is 5.92 Å². The number of nitrogens with two attached hydrogens (primary N) is 3. The second-order valence-corrected chi connectivity index (χ2v) is 10.9. The van der Waals surface area contributed by atoms with Crippen LogP contribution < -0.4 is 28.6 Å². The number of rotatable bonds is 7. The van der Waals surface area contributed by atoms with E-state index in [1.165, 1.54) is 13.8 Å².